The molecule has 0 amide bonds. The second kappa shape index (κ2) is 9.38. The van der Waals surface area contributed by atoms with Crippen LogP contribution in [0.5, 0.6) is 0 Å². The van der Waals surface area contributed by atoms with Gasteiger partial charge >= 0.3 is 0 Å². The number of hydrogen-bond donors (Lipinski definition) is 0. The summed E-state index contributed by atoms with van der Waals surface area (Å²) in [5.41, 5.74) is 0. The molecule has 0 bridgehead atoms. The summed E-state index contributed by atoms with van der Waals surface area (Å²) in [5.74, 6) is 0. The van der Waals surface area contributed by atoms with E-state index in [4.69, 9.17) is 84.9 Å². The van der Waals surface area contributed by atoms with Gasteiger partial charge in [-0.15, -0.1) is 69.6 Å². The van der Waals surface area contributed by atoms with Crippen LogP contribution in [0, 0.1) is 15.3 Å². The fourth-order valence-corrected chi connectivity index (χ4v) is 3.38. The van der Waals surface area contributed by atoms with Crippen molar-refractivity contribution in [2.45, 2.75) is 32.3 Å². The monoisotopic (exact) mass is 406 g/mol. The van der Waals surface area contributed by atoms with E-state index in [9.17, 15) is 0 Å². The maximum absolute atomic E-state index is 8.25. The molecule has 1 rings (SSSR count). The van der Waals surface area contributed by atoms with E-state index >= 15 is 0 Å². The van der Waals surface area contributed by atoms with Crippen molar-refractivity contribution in [2.75, 3.05) is 0 Å². The first-order valence-corrected chi connectivity index (χ1v) is 6.48. The minimum Gasteiger partial charge on any atom is -0.356 e. The Hall–Kier alpha value is 1.46. The van der Waals surface area contributed by atoms with Gasteiger partial charge in [-0.05, 0) is 0 Å². The van der Waals surface area contributed by atoms with Gasteiger partial charge < -0.3 is 15.3 Å². The molecule has 0 unspecified atom stereocenters. The normalized spacial score (nSPS) is 40.6. The molecule has 0 aromatic rings. The molecule has 0 saturated heterocycles. The van der Waals surface area contributed by atoms with Gasteiger partial charge in [-0.1, -0.05) is 0 Å². The van der Waals surface area contributed by atoms with Crippen LogP contribution in [0.15, 0.2) is 0 Å². The van der Waals surface area contributed by atoms with Gasteiger partial charge in [0.15, 0.2) is 0 Å². The van der Waals surface area contributed by atoms with Crippen molar-refractivity contribution in [2.24, 2.45) is 0 Å². The Bertz CT molecular complexity index is 187. The summed E-state index contributed by atoms with van der Waals surface area (Å²) in [6, 6.07) is 0. The van der Waals surface area contributed by atoms with Crippen molar-refractivity contribution in [1.29, 1.82) is 0 Å². The van der Waals surface area contributed by atoms with E-state index in [-0.39, 0.29) is 17.1 Å². The molecular formula is C6H6Cl6FeNO3-. The first-order valence-electron chi connectivity index (χ1n) is 3.86. The molecule has 11 heteroatoms. The van der Waals surface area contributed by atoms with E-state index in [0.717, 1.165) is 0 Å². The molecule has 1 aliphatic rings. The van der Waals surface area contributed by atoms with Gasteiger partial charge in [-0.25, -0.2) is 0 Å². The van der Waals surface area contributed by atoms with Crippen LogP contribution in [0.4, 0.5) is 0 Å². The van der Waals surface area contributed by atoms with Crippen molar-refractivity contribution in [3.8, 4) is 0 Å². The molecule has 0 aromatic heterocycles. The van der Waals surface area contributed by atoms with Crippen LogP contribution in [0.25, 0.3) is 0 Å². The fraction of sp³-hybridized carbons (Fsp3) is 1.00. The number of halogens is 6. The quantitative estimate of drug-likeness (QED) is 0.267. The molecule has 0 atom stereocenters. The van der Waals surface area contributed by atoms with Crippen LogP contribution < -0.4 is 0 Å². The van der Waals surface area contributed by atoms with Crippen LogP contribution >= 0.6 is 69.6 Å². The summed E-state index contributed by atoms with van der Waals surface area (Å²) in [5, 5.41) is 12.1. The summed E-state index contributed by atoms with van der Waals surface area (Å²) in [7, 11) is 0. The molecular weight excluding hydrogens is 403 g/mol. The molecule has 1 saturated carbocycles. The van der Waals surface area contributed by atoms with E-state index in [2.05, 4.69) is 0 Å². The number of rotatable bonds is 0. The SMILES string of the molecule is ClC1C(Cl)C(Cl)C(Cl)C(Cl)C1Cl.O=[N+]([O-])[O-].[Fe]. The van der Waals surface area contributed by atoms with Gasteiger partial charge in [-0.3, -0.25) is 0 Å². The Balaban J connectivity index is 0. The van der Waals surface area contributed by atoms with E-state index in [1.807, 2.05) is 0 Å². The largest absolute Gasteiger partial charge is 0.356 e. The third-order valence-corrected chi connectivity index (χ3v) is 5.86. The third-order valence-electron chi connectivity index (χ3n) is 1.83. The standard InChI is InChI=1S/C6H6Cl6.Fe.NO3/c7-1-2(8)4(10)6(12)5(11)3(1)9;;2-1(3)4/h1-6H;;/q;;-1. The third kappa shape index (κ3) is 6.44. The Kier molecular flexibility index (Phi) is 11.5. The molecule has 17 heavy (non-hydrogen) atoms. The maximum atomic E-state index is 8.25. The second-order valence-corrected chi connectivity index (χ2v) is 5.91. The van der Waals surface area contributed by atoms with Gasteiger partial charge in [0.1, 0.15) is 0 Å². The minimum absolute atomic E-state index is 0. The molecule has 0 aliphatic heterocycles. The predicted molar refractivity (Wildman–Crippen MR) is 68.2 cm³/mol. The van der Waals surface area contributed by atoms with Crippen LogP contribution in [0.2, 0.25) is 0 Å². The first-order chi connectivity index (χ1) is 7.20. The maximum Gasteiger partial charge on any atom is 0.0693 e. The topological polar surface area (TPSA) is 66.2 Å². The fourth-order valence-electron chi connectivity index (χ4n) is 1.05. The first kappa shape index (κ1) is 20.8. The van der Waals surface area contributed by atoms with E-state index in [1.54, 1.807) is 0 Å². The van der Waals surface area contributed by atoms with Crippen molar-refractivity contribution >= 4 is 69.6 Å². The smallest absolute Gasteiger partial charge is 0.0693 e. The summed E-state index contributed by atoms with van der Waals surface area (Å²) in [6.07, 6.45) is 0. The predicted octanol–water partition coefficient (Wildman–Crippen LogP) is 3.40. The molecule has 0 heterocycles. The van der Waals surface area contributed by atoms with Gasteiger partial charge in [-0.2, -0.15) is 0 Å². The van der Waals surface area contributed by atoms with E-state index in [1.165, 1.54) is 0 Å². The Morgan fingerprint density at radius 2 is 0.706 bits per heavy atom. The van der Waals surface area contributed by atoms with Crippen LogP contribution in [0.3, 0.4) is 0 Å². The molecule has 0 N–H and O–H groups in total. The molecule has 1 aliphatic carbocycles. The molecule has 1 fully saturated rings. The zero-order valence-corrected chi connectivity index (χ0v) is 13.4. The number of hydrogen-bond acceptors (Lipinski definition) is 3. The summed E-state index contributed by atoms with van der Waals surface area (Å²) < 4.78 is 0. The summed E-state index contributed by atoms with van der Waals surface area (Å²) in [4.78, 5) is 8.25. The summed E-state index contributed by atoms with van der Waals surface area (Å²) >= 11 is 35.3. The van der Waals surface area contributed by atoms with Crippen LogP contribution in [-0.4, -0.2) is 37.3 Å². The minimum atomic E-state index is -1.75. The van der Waals surface area contributed by atoms with Gasteiger partial charge in [0.2, 0.25) is 0 Å². The van der Waals surface area contributed by atoms with Crippen LogP contribution in [0.1, 0.15) is 0 Å². The Labute approximate surface area is 138 Å². The van der Waals surface area contributed by atoms with Gasteiger partial charge in [0.05, 0.1) is 37.3 Å². The van der Waals surface area contributed by atoms with Gasteiger partial charge in [0, 0.05) is 17.1 Å². The second-order valence-electron chi connectivity index (χ2n) is 2.89. The van der Waals surface area contributed by atoms with Crippen molar-refractivity contribution in [3.05, 3.63) is 15.3 Å². The zero-order valence-electron chi connectivity index (χ0n) is 7.76. The average molecular weight is 409 g/mol. The van der Waals surface area contributed by atoms with Gasteiger partial charge in [0.25, 0.3) is 0 Å². The number of alkyl halides is 6. The van der Waals surface area contributed by atoms with E-state index in [0.29, 0.717) is 0 Å². The van der Waals surface area contributed by atoms with Crippen molar-refractivity contribution in [3.63, 3.8) is 0 Å². The number of nitrogens with zero attached hydrogens (tertiary/aromatic N) is 1. The Morgan fingerprint density at radius 1 is 0.647 bits per heavy atom. The molecule has 0 aromatic carbocycles. The molecule has 0 radical (unpaired) electrons. The average Bonchev–Trinajstić information content (AvgIpc) is 2.20. The molecule has 104 valence electrons. The van der Waals surface area contributed by atoms with Crippen LogP contribution in [-0.2, 0) is 17.1 Å². The molecule has 0 spiro atoms. The zero-order chi connectivity index (χ0) is 13.0. The molecule has 4 nitrogen and oxygen atoms in total. The van der Waals surface area contributed by atoms with Crippen molar-refractivity contribution < 1.29 is 22.2 Å². The van der Waals surface area contributed by atoms with Crippen molar-refractivity contribution in [1.82, 2.24) is 0 Å². The Morgan fingerprint density at radius 3 is 0.765 bits per heavy atom. The summed E-state index contributed by atoms with van der Waals surface area (Å²) in [6.45, 7) is 0. The van der Waals surface area contributed by atoms with E-state index < -0.39 is 37.3 Å².